The number of amides is 1. The molecule has 0 unspecified atom stereocenters. The Bertz CT molecular complexity index is 640. The van der Waals surface area contributed by atoms with Gasteiger partial charge < -0.3 is 25.0 Å². The highest BCUT2D eigenvalue weighted by Gasteiger charge is 2.21. The monoisotopic (exact) mass is 538 g/mol. The zero-order valence-electron chi connectivity index (χ0n) is 17.2. The van der Waals surface area contributed by atoms with Crippen LogP contribution in [0.25, 0.3) is 0 Å². The maximum atomic E-state index is 12.2. The van der Waals surface area contributed by atoms with Gasteiger partial charge in [-0.2, -0.15) is 0 Å². The molecule has 1 heterocycles. The molecule has 0 atom stereocenters. The van der Waals surface area contributed by atoms with E-state index in [-0.39, 0.29) is 29.9 Å². The summed E-state index contributed by atoms with van der Waals surface area (Å²) in [7, 11) is 3.48. The third-order valence-electron chi connectivity index (χ3n) is 4.61. The second-order valence-electron chi connectivity index (χ2n) is 6.61. The minimum absolute atomic E-state index is 0. The van der Waals surface area contributed by atoms with Crippen molar-refractivity contribution < 1.29 is 14.3 Å². The van der Waals surface area contributed by atoms with Crippen LogP contribution in [0.3, 0.4) is 0 Å². The van der Waals surface area contributed by atoms with Crippen LogP contribution in [0, 0.1) is 0 Å². The first kappa shape index (κ1) is 25.9. The first-order chi connectivity index (χ1) is 13.7. The van der Waals surface area contributed by atoms with Gasteiger partial charge in [0.15, 0.2) is 5.96 Å². The topological polar surface area (TPSA) is 75.2 Å². The Balaban J connectivity index is 0.00000420. The average Bonchev–Trinajstić information content (AvgIpc) is 2.72. The number of methoxy groups -OCH3 is 1. The van der Waals surface area contributed by atoms with Gasteiger partial charge >= 0.3 is 0 Å². The van der Waals surface area contributed by atoms with E-state index >= 15 is 0 Å². The fraction of sp³-hybridized carbons (Fsp3) is 0.600. The van der Waals surface area contributed by atoms with Crippen LogP contribution in [-0.4, -0.2) is 76.4 Å². The van der Waals surface area contributed by atoms with Crippen LogP contribution < -0.4 is 10.6 Å². The number of carbonyl (C=O) groups is 1. The third kappa shape index (κ3) is 9.06. The summed E-state index contributed by atoms with van der Waals surface area (Å²) >= 11 is 6.05. The minimum Gasteiger partial charge on any atom is -0.385 e. The minimum atomic E-state index is -0.172. The highest BCUT2D eigenvalue weighted by atomic mass is 127. The molecule has 0 aliphatic carbocycles. The lowest BCUT2D eigenvalue weighted by molar-refractivity contribution is 0.00991. The molecule has 0 aromatic heterocycles. The van der Waals surface area contributed by atoms with Crippen molar-refractivity contribution in [3.05, 3.63) is 34.9 Å². The third-order valence-corrected chi connectivity index (χ3v) is 4.94. The van der Waals surface area contributed by atoms with E-state index in [9.17, 15) is 4.79 Å². The van der Waals surface area contributed by atoms with Crippen LogP contribution in [0.4, 0.5) is 0 Å². The lowest BCUT2D eigenvalue weighted by Crippen LogP contribution is -2.48. The summed E-state index contributed by atoms with van der Waals surface area (Å²) in [5.74, 6) is 0.679. The first-order valence-corrected chi connectivity index (χ1v) is 10.1. The van der Waals surface area contributed by atoms with Gasteiger partial charge in [0.1, 0.15) is 0 Å². The van der Waals surface area contributed by atoms with E-state index in [2.05, 4.69) is 20.5 Å². The molecule has 1 amide bonds. The average molecular weight is 539 g/mol. The van der Waals surface area contributed by atoms with Crippen molar-refractivity contribution in [2.45, 2.75) is 25.4 Å². The van der Waals surface area contributed by atoms with Crippen molar-refractivity contribution in [1.29, 1.82) is 0 Å². The number of benzene rings is 1. The van der Waals surface area contributed by atoms with E-state index in [0.717, 1.165) is 51.5 Å². The summed E-state index contributed by atoms with van der Waals surface area (Å²) in [6, 6.07) is 7.03. The predicted octanol–water partition coefficient (Wildman–Crippen LogP) is 2.78. The number of rotatable bonds is 9. The van der Waals surface area contributed by atoms with Crippen molar-refractivity contribution in [1.82, 2.24) is 15.5 Å². The summed E-state index contributed by atoms with van der Waals surface area (Å²) in [6.45, 7) is 4.37. The molecule has 0 radical (unpaired) electrons. The Morgan fingerprint density at radius 1 is 1.21 bits per heavy atom. The Labute approximate surface area is 195 Å². The molecule has 0 spiro atoms. The molecular formula is C20H32ClIN4O3. The molecule has 1 aliphatic heterocycles. The summed E-state index contributed by atoms with van der Waals surface area (Å²) in [5.41, 5.74) is 0.487. The summed E-state index contributed by atoms with van der Waals surface area (Å²) in [6.07, 6.45) is 3.20. The highest BCUT2D eigenvalue weighted by molar-refractivity contribution is 14.0. The van der Waals surface area contributed by atoms with Crippen molar-refractivity contribution in [2.24, 2.45) is 4.99 Å². The molecule has 1 fully saturated rings. The number of guanidine groups is 1. The number of hydrogen-bond donors (Lipinski definition) is 2. The van der Waals surface area contributed by atoms with E-state index in [1.54, 1.807) is 38.4 Å². The number of ether oxygens (including phenoxy) is 2. The van der Waals surface area contributed by atoms with Crippen LogP contribution in [0.15, 0.2) is 29.3 Å². The molecule has 1 saturated heterocycles. The second-order valence-corrected chi connectivity index (χ2v) is 7.02. The number of hydrogen-bond acceptors (Lipinski definition) is 4. The Kier molecular flexibility index (Phi) is 13.2. The van der Waals surface area contributed by atoms with Crippen LogP contribution in [0.1, 0.15) is 29.6 Å². The molecule has 1 aromatic carbocycles. The van der Waals surface area contributed by atoms with Crippen molar-refractivity contribution in [3.63, 3.8) is 0 Å². The molecule has 0 bridgehead atoms. The fourth-order valence-corrected chi connectivity index (χ4v) is 3.33. The number of piperidine rings is 1. The molecule has 1 aliphatic rings. The quantitative estimate of drug-likeness (QED) is 0.219. The maximum absolute atomic E-state index is 12.2. The SMILES string of the molecule is CN=C(NCCNC(=O)c1ccccc1Cl)N1CCC(OCCCOC)CC1.I. The lowest BCUT2D eigenvalue weighted by Gasteiger charge is -2.34. The second kappa shape index (κ2) is 14.8. The molecule has 2 rings (SSSR count). The van der Waals surface area contributed by atoms with Gasteiger partial charge in [0.25, 0.3) is 5.91 Å². The lowest BCUT2D eigenvalue weighted by atomic mass is 10.1. The largest absolute Gasteiger partial charge is 0.385 e. The van der Waals surface area contributed by atoms with Gasteiger partial charge in [-0.3, -0.25) is 9.79 Å². The fourth-order valence-electron chi connectivity index (χ4n) is 3.11. The molecule has 164 valence electrons. The summed E-state index contributed by atoms with van der Waals surface area (Å²) in [4.78, 5) is 18.7. The molecular weight excluding hydrogens is 507 g/mol. The molecule has 1 aromatic rings. The van der Waals surface area contributed by atoms with Gasteiger partial charge in [-0.1, -0.05) is 23.7 Å². The number of nitrogens with zero attached hydrogens (tertiary/aromatic N) is 2. The van der Waals surface area contributed by atoms with Gasteiger partial charge in [-0.05, 0) is 31.4 Å². The molecule has 9 heteroatoms. The van der Waals surface area contributed by atoms with Gasteiger partial charge in [0.2, 0.25) is 0 Å². The number of likely N-dealkylation sites (tertiary alicyclic amines) is 1. The van der Waals surface area contributed by atoms with E-state index in [0.29, 0.717) is 29.8 Å². The van der Waals surface area contributed by atoms with Crippen LogP contribution in [0.2, 0.25) is 5.02 Å². The number of nitrogens with one attached hydrogen (secondary N) is 2. The van der Waals surface area contributed by atoms with Gasteiger partial charge in [0.05, 0.1) is 16.7 Å². The van der Waals surface area contributed by atoms with Crippen molar-refractivity contribution in [2.75, 3.05) is 53.6 Å². The van der Waals surface area contributed by atoms with E-state index in [4.69, 9.17) is 21.1 Å². The molecule has 7 nitrogen and oxygen atoms in total. The molecule has 0 saturated carbocycles. The van der Waals surface area contributed by atoms with Gasteiger partial charge in [-0.25, -0.2) is 0 Å². The first-order valence-electron chi connectivity index (χ1n) is 9.74. The zero-order valence-corrected chi connectivity index (χ0v) is 20.2. The predicted molar refractivity (Wildman–Crippen MR) is 128 cm³/mol. The molecule has 29 heavy (non-hydrogen) atoms. The van der Waals surface area contributed by atoms with Crippen molar-refractivity contribution >= 4 is 47.4 Å². The standard InChI is InChI=1S/C20H31ClN4O3.HI/c1-22-20(25-12-8-16(9-13-25)28-15-5-14-27-2)24-11-10-23-19(26)17-6-3-4-7-18(17)21;/h3-4,6-7,16H,5,8-15H2,1-2H3,(H,22,24)(H,23,26);1H. The zero-order chi connectivity index (χ0) is 20.2. The van der Waals surface area contributed by atoms with Crippen LogP contribution in [0.5, 0.6) is 0 Å². The Hall–Kier alpha value is -1.10. The van der Waals surface area contributed by atoms with Gasteiger partial charge in [0, 0.05) is 53.6 Å². The van der Waals surface area contributed by atoms with Gasteiger partial charge in [-0.15, -0.1) is 24.0 Å². The smallest absolute Gasteiger partial charge is 0.252 e. The number of aliphatic imine (C=N–C) groups is 1. The number of carbonyl (C=O) groups excluding carboxylic acids is 1. The molecule has 2 N–H and O–H groups in total. The Morgan fingerprint density at radius 2 is 1.90 bits per heavy atom. The van der Waals surface area contributed by atoms with E-state index < -0.39 is 0 Å². The summed E-state index contributed by atoms with van der Waals surface area (Å²) in [5, 5.41) is 6.63. The van der Waals surface area contributed by atoms with Crippen molar-refractivity contribution in [3.8, 4) is 0 Å². The van der Waals surface area contributed by atoms with Crippen LogP contribution >= 0.6 is 35.6 Å². The number of halogens is 2. The highest BCUT2D eigenvalue weighted by Crippen LogP contribution is 2.15. The Morgan fingerprint density at radius 3 is 2.55 bits per heavy atom. The van der Waals surface area contributed by atoms with Crippen LogP contribution in [-0.2, 0) is 9.47 Å². The normalized spacial score (nSPS) is 15.0. The van der Waals surface area contributed by atoms with E-state index in [1.165, 1.54) is 0 Å². The maximum Gasteiger partial charge on any atom is 0.252 e. The summed E-state index contributed by atoms with van der Waals surface area (Å²) < 4.78 is 10.9. The van der Waals surface area contributed by atoms with E-state index in [1.807, 2.05) is 0 Å².